The molecule has 1 fully saturated rings. The molecule has 0 aliphatic heterocycles. The topological polar surface area (TPSA) is 21.3 Å². The zero-order valence-electron chi connectivity index (χ0n) is 12.9. The van der Waals surface area contributed by atoms with E-state index in [1.807, 2.05) is 0 Å². The van der Waals surface area contributed by atoms with Crippen LogP contribution in [0, 0.1) is 17.6 Å². The van der Waals surface area contributed by atoms with E-state index in [2.05, 4.69) is 19.2 Å². The van der Waals surface area contributed by atoms with Crippen LogP contribution in [-0.2, 0) is 0 Å². The van der Waals surface area contributed by atoms with Gasteiger partial charge in [0, 0.05) is 12.1 Å². The fourth-order valence-electron chi connectivity index (χ4n) is 3.24. The van der Waals surface area contributed by atoms with Crippen molar-refractivity contribution in [2.45, 2.75) is 58.1 Å². The zero-order chi connectivity index (χ0) is 15.2. The third-order valence-corrected chi connectivity index (χ3v) is 4.24. The van der Waals surface area contributed by atoms with Gasteiger partial charge in [0.25, 0.3) is 0 Å². The molecule has 0 bridgehead atoms. The number of ether oxygens (including phenoxy) is 1. The van der Waals surface area contributed by atoms with E-state index >= 15 is 0 Å². The van der Waals surface area contributed by atoms with Crippen LogP contribution in [0.3, 0.4) is 0 Å². The summed E-state index contributed by atoms with van der Waals surface area (Å²) in [4.78, 5) is 0. The summed E-state index contributed by atoms with van der Waals surface area (Å²) in [5.41, 5.74) is 0. The van der Waals surface area contributed by atoms with Crippen molar-refractivity contribution < 1.29 is 13.5 Å². The Balaban J connectivity index is 2.07. The number of halogens is 2. The second kappa shape index (κ2) is 7.74. The third-order valence-electron chi connectivity index (χ3n) is 4.24. The molecule has 0 spiro atoms. The summed E-state index contributed by atoms with van der Waals surface area (Å²) >= 11 is 0. The molecule has 4 heteroatoms. The van der Waals surface area contributed by atoms with Crippen molar-refractivity contribution >= 4 is 0 Å². The Morgan fingerprint density at radius 2 is 2.05 bits per heavy atom. The Morgan fingerprint density at radius 3 is 2.71 bits per heavy atom. The average molecular weight is 297 g/mol. The van der Waals surface area contributed by atoms with Crippen molar-refractivity contribution in [3.63, 3.8) is 0 Å². The zero-order valence-corrected chi connectivity index (χ0v) is 12.9. The van der Waals surface area contributed by atoms with Gasteiger partial charge in [0.05, 0.1) is 0 Å². The molecule has 1 aromatic carbocycles. The van der Waals surface area contributed by atoms with Gasteiger partial charge < -0.3 is 10.1 Å². The van der Waals surface area contributed by atoms with E-state index in [4.69, 9.17) is 4.74 Å². The molecule has 0 saturated heterocycles. The smallest absolute Gasteiger partial charge is 0.167 e. The lowest BCUT2D eigenvalue weighted by Crippen LogP contribution is -2.47. The van der Waals surface area contributed by atoms with Crippen LogP contribution in [0.2, 0.25) is 0 Å². The normalized spacial score (nSPS) is 25.8. The van der Waals surface area contributed by atoms with Crippen molar-refractivity contribution in [1.29, 1.82) is 0 Å². The first-order chi connectivity index (χ1) is 10.1. The molecule has 118 valence electrons. The fraction of sp³-hybridized carbons (Fsp3) is 0.647. The monoisotopic (exact) mass is 297 g/mol. The second-order valence-electron chi connectivity index (χ2n) is 5.86. The van der Waals surface area contributed by atoms with E-state index in [0.717, 1.165) is 31.9 Å². The molecule has 1 aliphatic carbocycles. The first-order valence-corrected chi connectivity index (χ1v) is 7.99. The Bertz CT molecular complexity index is 452. The number of rotatable bonds is 6. The molecule has 0 radical (unpaired) electrons. The highest BCUT2D eigenvalue weighted by molar-refractivity contribution is 5.25. The summed E-state index contributed by atoms with van der Waals surface area (Å²) in [6.07, 6.45) is 5.47. The van der Waals surface area contributed by atoms with Crippen LogP contribution in [0.5, 0.6) is 5.75 Å². The first-order valence-electron chi connectivity index (χ1n) is 7.99. The number of benzene rings is 1. The van der Waals surface area contributed by atoms with Crippen LogP contribution in [0.4, 0.5) is 8.78 Å². The Labute approximate surface area is 125 Å². The molecule has 3 unspecified atom stereocenters. The maximum absolute atomic E-state index is 13.8. The summed E-state index contributed by atoms with van der Waals surface area (Å²) in [7, 11) is 0. The van der Waals surface area contributed by atoms with Gasteiger partial charge in [-0.3, -0.25) is 0 Å². The van der Waals surface area contributed by atoms with Gasteiger partial charge in [-0.2, -0.15) is 0 Å². The van der Waals surface area contributed by atoms with Crippen molar-refractivity contribution in [3.05, 3.63) is 29.8 Å². The van der Waals surface area contributed by atoms with E-state index < -0.39 is 11.6 Å². The van der Waals surface area contributed by atoms with Gasteiger partial charge in [0.15, 0.2) is 11.6 Å². The molecule has 3 atom stereocenters. The molecule has 1 aromatic rings. The van der Waals surface area contributed by atoms with E-state index in [9.17, 15) is 8.78 Å². The Hall–Kier alpha value is -1.16. The lowest BCUT2D eigenvalue weighted by molar-refractivity contribution is 0.0803. The summed E-state index contributed by atoms with van der Waals surface area (Å²) in [6.45, 7) is 5.12. The van der Waals surface area contributed by atoms with Crippen molar-refractivity contribution in [3.8, 4) is 5.75 Å². The van der Waals surface area contributed by atoms with E-state index in [1.54, 1.807) is 0 Å². The molecule has 1 N–H and O–H groups in total. The minimum absolute atomic E-state index is 0.0461. The Morgan fingerprint density at radius 1 is 1.24 bits per heavy atom. The van der Waals surface area contributed by atoms with E-state index in [1.165, 1.54) is 25.0 Å². The van der Waals surface area contributed by atoms with Crippen LogP contribution >= 0.6 is 0 Å². The van der Waals surface area contributed by atoms with Crippen LogP contribution in [0.1, 0.15) is 46.0 Å². The summed E-state index contributed by atoms with van der Waals surface area (Å²) < 4.78 is 32.6. The van der Waals surface area contributed by atoms with Gasteiger partial charge in [0.2, 0.25) is 0 Å². The SMILES string of the molecule is CCCC1CCC(NCC)C(Oc2ccc(F)cc2F)C1. The highest BCUT2D eigenvalue weighted by atomic mass is 19.1. The third kappa shape index (κ3) is 4.40. The molecule has 0 amide bonds. The highest BCUT2D eigenvalue weighted by Crippen LogP contribution is 2.31. The second-order valence-corrected chi connectivity index (χ2v) is 5.86. The van der Waals surface area contributed by atoms with Gasteiger partial charge in [-0.15, -0.1) is 0 Å². The van der Waals surface area contributed by atoms with Crippen molar-refractivity contribution in [1.82, 2.24) is 5.32 Å². The molecule has 2 rings (SSSR count). The van der Waals surface area contributed by atoms with Gasteiger partial charge >= 0.3 is 0 Å². The lowest BCUT2D eigenvalue weighted by atomic mass is 9.81. The first kappa shape index (κ1) is 16.2. The molecule has 2 nitrogen and oxygen atoms in total. The van der Waals surface area contributed by atoms with E-state index in [0.29, 0.717) is 5.92 Å². The highest BCUT2D eigenvalue weighted by Gasteiger charge is 2.31. The van der Waals surface area contributed by atoms with Crippen LogP contribution in [0.25, 0.3) is 0 Å². The molecule has 0 aromatic heterocycles. The predicted octanol–water partition coefficient (Wildman–Crippen LogP) is 4.29. The van der Waals surface area contributed by atoms with Gasteiger partial charge in [-0.05, 0) is 43.9 Å². The Kier molecular flexibility index (Phi) is 5.97. The van der Waals surface area contributed by atoms with Crippen molar-refractivity contribution in [2.24, 2.45) is 5.92 Å². The van der Waals surface area contributed by atoms with Gasteiger partial charge in [-0.25, -0.2) is 8.78 Å². The summed E-state index contributed by atoms with van der Waals surface area (Å²) in [6, 6.07) is 3.75. The molecular weight excluding hydrogens is 272 g/mol. The number of nitrogens with one attached hydrogen (secondary N) is 1. The van der Waals surface area contributed by atoms with Crippen LogP contribution in [0.15, 0.2) is 18.2 Å². The molecular formula is C17H25F2NO. The predicted molar refractivity (Wildman–Crippen MR) is 80.5 cm³/mol. The maximum atomic E-state index is 13.8. The minimum atomic E-state index is -0.622. The standard InChI is InChI=1S/C17H25F2NO/c1-3-5-12-6-8-15(20-4-2)17(10-12)21-16-9-7-13(18)11-14(16)19/h7,9,11-12,15,17,20H,3-6,8,10H2,1-2H3. The number of hydrogen-bond acceptors (Lipinski definition) is 2. The maximum Gasteiger partial charge on any atom is 0.167 e. The summed E-state index contributed by atoms with van der Waals surface area (Å²) in [5, 5.41) is 3.43. The molecule has 1 saturated carbocycles. The molecule has 0 heterocycles. The van der Waals surface area contributed by atoms with E-state index in [-0.39, 0.29) is 17.9 Å². The van der Waals surface area contributed by atoms with Gasteiger partial charge in [0.1, 0.15) is 11.9 Å². The number of hydrogen-bond donors (Lipinski definition) is 1. The van der Waals surface area contributed by atoms with Gasteiger partial charge in [-0.1, -0.05) is 26.7 Å². The molecule has 21 heavy (non-hydrogen) atoms. The summed E-state index contributed by atoms with van der Waals surface area (Å²) in [5.74, 6) is -0.404. The van der Waals surface area contributed by atoms with Crippen LogP contribution in [-0.4, -0.2) is 18.7 Å². The largest absolute Gasteiger partial charge is 0.486 e. The quantitative estimate of drug-likeness (QED) is 0.845. The molecule has 1 aliphatic rings. The lowest BCUT2D eigenvalue weighted by Gasteiger charge is -2.36. The van der Waals surface area contributed by atoms with Crippen molar-refractivity contribution in [2.75, 3.05) is 6.54 Å². The van der Waals surface area contributed by atoms with Crippen LogP contribution < -0.4 is 10.1 Å². The number of likely N-dealkylation sites (N-methyl/N-ethyl adjacent to an activating group) is 1. The fourth-order valence-corrected chi connectivity index (χ4v) is 3.24. The minimum Gasteiger partial charge on any atom is -0.486 e. The average Bonchev–Trinajstić information content (AvgIpc) is 2.45.